The smallest absolute Gasteiger partial charge is 0.255 e. The Morgan fingerprint density at radius 1 is 1.59 bits per heavy atom. The Morgan fingerprint density at radius 2 is 2.41 bits per heavy atom. The minimum Gasteiger partial charge on any atom is -0.382 e. The Labute approximate surface area is 104 Å². The number of hydrogen-bond donors (Lipinski definition) is 3. The zero-order chi connectivity index (χ0) is 12.3. The van der Waals surface area contributed by atoms with Crippen molar-refractivity contribution >= 4 is 28.3 Å². The number of carbonyl (C=O) groups excluding carboxylic acids is 1. The zero-order valence-electron chi connectivity index (χ0n) is 9.53. The number of nitrogens with two attached hydrogens (primary N) is 2. The van der Waals surface area contributed by atoms with E-state index in [1.54, 1.807) is 0 Å². The normalized spacial score (nSPS) is 14.7. The van der Waals surface area contributed by atoms with Crippen LogP contribution >= 0.6 is 11.5 Å². The average Bonchev–Trinajstić information content (AvgIpc) is 2.88. The molecule has 0 saturated heterocycles. The largest absolute Gasteiger partial charge is 0.382 e. The fraction of sp³-hybridized carbons (Fsp3) is 0.455. The van der Waals surface area contributed by atoms with Gasteiger partial charge in [-0.25, -0.2) is 0 Å². The monoisotopic (exact) mass is 252 g/mol. The van der Waals surface area contributed by atoms with E-state index in [0.29, 0.717) is 10.6 Å². The van der Waals surface area contributed by atoms with Crippen molar-refractivity contribution in [1.82, 2.24) is 4.37 Å². The van der Waals surface area contributed by atoms with Crippen LogP contribution in [0.15, 0.2) is 11.6 Å². The maximum atomic E-state index is 11.2. The van der Waals surface area contributed by atoms with Crippen molar-refractivity contribution in [2.75, 3.05) is 17.6 Å². The number of amides is 1. The summed E-state index contributed by atoms with van der Waals surface area (Å²) in [6.45, 7) is 0.785. The van der Waals surface area contributed by atoms with E-state index in [2.05, 4.69) is 15.8 Å². The Bertz CT molecular complexity index is 452. The summed E-state index contributed by atoms with van der Waals surface area (Å²) in [5.41, 5.74) is 12.6. The lowest BCUT2D eigenvalue weighted by Gasteiger charge is -2.05. The van der Waals surface area contributed by atoms with Gasteiger partial charge in [0.25, 0.3) is 5.91 Å². The van der Waals surface area contributed by atoms with Gasteiger partial charge in [-0.15, -0.1) is 0 Å². The third-order valence-electron chi connectivity index (χ3n) is 2.83. The molecule has 1 aliphatic rings. The number of hydrogen-bond acceptors (Lipinski definition) is 5. The molecule has 0 saturated carbocycles. The molecule has 0 aliphatic heterocycles. The average molecular weight is 252 g/mol. The van der Waals surface area contributed by atoms with E-state index in [0.717, 1.165) is 13.0 Å². The summed E-state index contributed by atoms with van der Waals surface area (Å²) in [5.74, 6) is -0.316. The molecule has 0 spiro atoms. The fourth-order valence-electron chi connectivity index (χ4n) is 1.96. The molecular weight excluding hydrogens is 236 g/mol. The highest BCUT2D eigenvalue weighted by molar-refractivity contribution is 7.11. The third-order valence-corrected chi connectivity index (χ3v) is 3.65. The second-order valence-corrected chi connectivity index (χ2v) is 4.84. The molecule has 1 aromatic heterocycles. The quantitative estimate of drug-likeness (QED) is 0.696. The lowest BCUT2D eigenvalue weighted by molar-refractivity contribution is 0.100. The molecule has 1 aliphatic carbocycles. The SMILES string of the molecule is NC(=O)c1c(N)nsc1NCCC1=CCCC1. The molecular formula is C11H16N4OS. The predicted octanol–water partition coefficient (Wildman–Crippen LogP) is 1.74. The molecule has 1 heterocycles. The van der Waals surface area contributed by atoms with E-state index in [1.807, 2.05) is 0 Å². The molecule has 5 nitrogen and oxygen atoms in total. The van der Waals surface area contributed by atoms with Crippen LogP contribution in [0.4, 0.5) is 10.8 Å². The maximum Gasteiger partial charge on any atom is 0.255 e. The van der Waals surface area contributed by atoms with Gasteiger partial charge in [-0.05, 0) is 37.2 Å². The van der Waals surface area contributed by atoms with Gasteiger partial charge in [0.15, 0.2) is 5.82 Å². The van der Waals surface area contributed by atoms with Crippen molar-refractivity contribution < 1.29 is 4.79 Å². The van der Waals surface area contributed by atoms with Crippen LogP contribution in [-0.2, 0) is 0 Å². The number of nitrogen functional groups attached to an aromatic ring is 1. The minimum atomic E-state index is -0.529. The Kier molecular flexibility index (Phi) is 3.63. The molecule has 17 heavy (non-hydrogen) atoms. The van der Waals surface area contributed by atoms with E-state index in [9.17, 15) is 4.79 Å². The van der Waals surface area contributed by atoms with E-state index >= 15 is 0 Å². The number of nitrogens with zero attached hydrogens (tertiary/aromatic N) is 1. The standard InChI is InChI=1S/C11H16N4OS/c12-9-8(10(13)16)11(17-15-9)14-6-5-7-3-1-2-4-7/h3,14H,1-2,4-6H2,(H2,12,15)(H2,13,16). The first-order chi connectivity index (χ1) is 8.18. The first-order valence-corrected chi connectivity index (χ1v) is 6.42. The number of rotatable bonds is 5. The molecule has 5 N–H and O–H groups in total. The topological polar surface area (TPSA) is 94.0 Å². The van der Waals surface area contributed by atoms with Gasteiger partial charge < -0.3 is 16.8 Å². The number of aromatic nitrogens is 1. The number of allylic oxidation sites excluding steroid dienone is 1. The van der Waals surface area contributed by atoms with E-state index in [1.165, 1.54) is 36.4 Å². The lowest BCUT2D eigenvalue weighted by Crippen LogP contribution is -2.15. The van der Waals surface area contributed by atoms with Gasteiger partial charge in [0.2, 0.25) is 0 Å². The molecule has 2 rings (SSSR count). The number of anilines is 2. The van der Waals surface area contributed by atoms with Crippen molar-refractivity contribution in [2.45, 2.75) is 25.7 Å². The first-order valence-electron chi connectivity index (χ1n) is 5.65. The van der Waals surface area contributed by atoms with Gasteiger partial charge in [0.05, 0.1) is 0 Å². The molecule has 0 bridgehead atoms. The van der Waals surface area contributed by atoms with Crippen molar-refractivity contribution in [3.63, 3.8) is 0 Å². The van der Waals surface area contributed by atoms with Crippen LogP contribution in [0, 0.1) is 0 Å². The van der Waals surface area contributed by atoms with Crippen LogP contribution in [0.3, 0.4) is 0 Å². The Morgan fingerprint density at radius 3 is 3.06 bits per heavy atom. The highest BCUT2D eigenvalue weighted by atomic mass is 32.1. The Hall–Kier alpha value is -1.56. The van der Waals surface area contributed by atoms with Crippen LogP contribution in [0.5, 0.6) is 0 Å². The summed E-state index contributed by atoms with van der Waals surface area (Å²) in [4.78, 5) is 11.2. The molecule has 0 unspecified atom stereocenters. The summed E-state index contributed by atoms with van der Waals surface area (Å²) in [5, 5.41) is 3.85. The predicted molar refractivity (Wildman–Crippen MR) is 70.1 cm³/mol. The molecule has 1 aromatic rings. The van der Waals surface area contributed by atoms with E-state index in [4.69, 9.17) is 11.5 Å². The lowest BCUT2D eigenvalue weighted by atomic mass is 10.2. The maximum absolute atomic E-state index is 11.2. The highest BCUT2D eigenvalue weighted by Gasteiger charge is 2.16. The third kappa shape index (κ3) is 2.76. The van der Waals surface area contributed by atoms with Crippen LogP contribution in [0.2, 0.25) is 0 Å². The van der Waals surface area contributed by atoms with Crippen molar-refractivity contribution in [3.05, 3.63) is 17.2 Å². The second kappa shape index (κ2) is 5.18. The van der Waals surface area contributed by atoms with Crippen LogP contribution in [0.25, 0.3) is 0 Å². The summed E-state index contributed by atoms with van der Waals surface area (Å²) < 4.78 is 3.93. The summed E-state index contributed by atoms with van der Waals surface area (Å²) >= 11 is 1.18. The van der Waals surface area contributed by atoms with Crippen molar-refractivity contribution in [3.8, 4) is 0 Å². The minimum absolute atomic E-state index is 0.213. The number of primary amides is 1. The van der Waals surface area contributed by atoms with Gasteiger partial charge in [-0.3, -0.25) is 4.79 Å². The van der Waals surface area contributed by atoms with Crippen molar-refractivity contribution in [2.24, 2.45) is 5.73 Å². The van der Waals surface area contributed by atoms with Gasteiger partial charge in [0.1, 0.15) is 10.6 Å². The fourth-order valence-corrected chi connectivity index (χ4v) is 2.71. The number of nitrogens with one attached hydrogen (secondary N) is 1. The van der Waals surface area contributed by atoms with E-state index < -0.39 is 5.91 Å². The highest BCUT2D eigenvalue weighted by Crippen LogP contribution is 2.27. The molecule has 1 amide bonds. The summed E-state index contributed by atoms with van der Waals surface area (Å²) in [6.07, 6.45) is 6.92. The van der Waals surface area contributed by atoms with E-state index in [-0.39, 0.29) is 5.82 Å². The van der Waals surface area contributed by atoms with Gasteiger partial charge >= 0.3 is 0 Å². The van der Waals surface area contributed by atoms with Crippen LogP contribution in [-0.4, -0.2) is 16.8 Å². The zero-order valence-corrected chi connectivity index (χ0v) is 10.3. The Balaban J connectivity index is 1.92. The second-order valence-electron chi connectivity index (χ2n) is 4.07. The molecule has 0 atom stereocenters. The molecule has 6 heteroatoms. The van der Waals surface area contributed by atoms with Gasteiger partial charge in [-0.2, -0.15) is 4.37 Å². The van der Waals surface area contributed by atoms with Crippen LogP contribution < -0.4 is 16.8 Å². The molecule has 92 valence electrons. The van der Waals surface area contributed by atoms with Crippen LogP contribution in [0.1, 0.15) is 36.0 Å². The molecule has 0 radical (unpaired) electrons. The van der Waals surface area contributed by atoms with Gasteiger partial charge in [-0.1, -0.05) is 11.6 Å². The summed E-state index contributed by atoms with van der Waals surface area (Å²) in [6, 6.07) is 0. The van der Waals surface area contributed by atoms with Gasteiger partial charge in [0, 0.05) is 6.54 Å². The molecule has 0 fully saturated rings. The summed E-state index contributed by atoms with van der Waals surface area (Å²) in [7, 11) is 0. The molecule has 0 aromatic carbocycles. The first kappa shape index (κ1) is 11.9. The van der Waals surface area contributed by atoms with Crippen molar-refractivity contribution in [1.29, 1.82) is 0 Å². The number of carbonyl (C=O) groups is 1.